The fourth-order valence-corrected chi connectivity index (χ4v) is 1.77. The third kappa shape index (κ3) is 5.62. The van der Waals surface area contributed by atoms with Gasteiger partial charge in [0.05, 0.1) is 12.2 Å². The Balaban J connectivity index is 2.24. The van der Waals surface area contributed by atoms with Gasteiger partial charge in [-0.1, -0.05) is 19.1 Å². The number of hydrogen-bond acceptors (Lipinski definition) is 3. The van der Waals surface area contributed by atoms with Gasteiger partial charge in [-0.2, -0.15) is 0 Å². The second kappa shape index (κ2) is 8.24. The highest BCUT2D eigenvalue weighted by Gasteiger charge is 2.04. The summed E-state index contributed by atoms with van der Waals surface area (Å²) in [6, 6.07) is 7.58. The van der Waals surface area contributed by atoms with Crippen LogP contribution in [0.15, 0.2) is 28.7 Å². The van der Waals surface area contributed by atoms with Gasteiger partial charge in [-0.3, -0.25) is 4.79 Å². The van der Waals surface area contributed by atoms with Crippen LogP contribution >= 0.6 is 15.9 Å². The Bertz CT molecular complexity index is 384. The largest absolute Gasteiger partial charge is 0.324 e. The number of hydrogen-bond donors (Lipinski definition) is 2. The van der Waals surface area contributed by atoms with Gasteiger partial charge >= 0.3 is 0 Å². The summed E-state index contributed by atoms with van der Waals surface area (Å²) in [4.78, 5) is 13.9. The van der Waals surface area contributed by atoms with Crippen molar-refractivity contribution in [3.63, 3.8) is 0 Å². The molecule has 0 unspecified atom stereocenters. The summed E-state index contributed by atoms with van der Waals surface area (Å²) in [5.41, 5.74) is 0.801. The number of amides is 1. The molecule has 0 aliphatic heterocycles. The SMILES string of the molecule is CCN(C)CCNCC(=O)Nc1ccccc1Br. The van der Waals surface area contributed by atoms with E-state index in [-0.39, 0.29) is 5.91 Å². The van der Waals surface area contributed by atoms with Gasteiger partial charge < -0.3 is 15.5 Å². The summed E-state index contributed by atoms with van der Waals surface area (Å²) in [6.45, 7) is 5.22. The highest BCUT2D eigenvalue weighted by Crippen LogP contribution is 2.20. The lowest BCUT2D eigenvalue weighted by molar-refractivity contribution is -0.115. The maximum absolute atomic E-state index is 11.7. The number of likely N-dealkylation sites (N-methyl/N-ethyl adjacent to an activating group) is 1. The van der Waals surface area contributed by atoms with Crippen LogP contribution in [0.1, 0.15) is 6.92 Å². The van der Waals surface area contributed by atoms with Gasteiger partial charge in [0.25, 0.3) is 0 Å². The smallest absolute Gasteiger partial charge is 0.238 e. The van der Waals surface area contributed by atoms with Gasteiger partial charge in [-0.05, 0) is 41.7 Å². The summed E-state index contributed by atoms with van der Waals surface area (Å²) in [5, 5.41) is 5.97. The Hall–Kier alpha value is -0.910. The number of para-hydroxylation sites is 1. The highest BCUT2D eigenvalue weighted by atomic mass is 79.9. The van der Waals surface area contributed by atoms with E-state index in [1.54, 1.807) is 0 Å². The average Bonchev–Trinajstić information content (AvgIpc) is 2.37. The van der Waals surface area contributed by atoms with Crippen molar-refractivity contribution in [1.82, 2.24) is 10.2 Å². The molecule has 2 N–H and O–H groups in total. The van der Waals surface area contributed by atoms with Crippen molar-refractivity contribution in [1.29, 1.82) is 0 Å². The van der Waals surface area contributed by atoms with E-state index in [1.807, 2.05) is 24.3 Å². The Morgan fingerprint density at radius 3 is 2.78 bits per heavy atom. The van der Waals surface area contributed by atoms with Crippen molar-refractivity contribution < 1.29 is 4.79 Å². The van der Waals surface area contributed by atoms with Crippen molar-refractivity contribution in [2.45, 2.75) is 6.92 Å². The normalized spacial score (nSPS) is 10.7. The maximum atomic E-state index is 11.7. The van der Waals surface area contributed by atoms with Crippen molar-refractivity contribution in [3.8, 4) is 0 Å². The summed E-state index contributed by atoms with van der Waals surface area (Å²) in [7, 11) is 2.06. The third-order valence-corrected chi connectivity index (χ3v) is 3.34. The number of rotatable bonds is 7. The molecule has 0 saturated heterocycles. The van der Waals surface area contributed by atoms with Crippen LogP contribution in [0.25, 0.3) is 0 Å². The maximum Gasteiger partial charge on any atom is 0.238 e. The number of nitrogens with one attached hydrogen (secondary N) is 2. The molecule has 0 radical (unpaired) electrons. The lowest BCUT2D eigenvalue weighted by Gasteiger charge is -2.14. The van der Waals surface area contributed by atoms with E-state index in [1.165, 1.54) is 0 Å². The first kappa shape index (κ1) is 15.1. The molecular weight excluding hydrogens is 294 g/mol. The molecule has 0 spiro atoms. The van der Waals surface area contributed by atoms with Gasteiger partial charge in [0.1, 0.15) is 0 Å². The molecule has 1 amide bonds. The first-order valence-electron chi connectivity index (χ1n) is 6.07. The zero-order valence-electron chi connectivity index (χ0n) is 10.9. The number of anilines is 1. The standard InChI is InChI=1S/C13H20BrN3O/c1-3-17(2)9-8-15-10-13(18)16-12-7-5-4-6-11(12)14/h4-7,15H,3,8-10H2,1-2H3,(H,16,18). The minimum Gasteiger partial charge on any atom is -0.324 e. The monoisotopic (exact) mass is 313 g/mol. The Kier molecular flexibility index (Phi) is 6.93. The van der Waals surface area contributed by atoms with Crippen LogP contribution in [0.5, 0.6) is 0 Å². The van der Waals surface area contributed by atoms with Crippen LogP contribution in [-0.2, 0) is 4.79 Å². The molecular formula is C13H20BrN3O. The zero-order chi connectivity index (χ0) is 13.4. The molecule has 0 aromatic heterocycles. The number of nitrogens with zero attached hydrogens (tertiary/aromatic N) is 1. The third-order valence-electron chi connectivity index (χ3n) is 2.64. The Morgan fingerprint density at radius 2 is 2.11 bits per heavy atom. The van der Waals surface area contributed by atoms with Crippen LogP contribution in [0.3, 0.4) is 0 Å². The number of carbonyl (C=O) groups is 1. The fourth-order valence-electron chi connectivity index (χ4n) is 1.39. The van der Waals surface area contributed by atoms with Gasteiger partial charge in [0.2, 0.25) is 5.91 Å². The van der Waals surface area contributed by atoms with Gasteiger partial charge in [0, 0.05) is 17.6 Å². The summed E-state index contributed by atoms with van der Waals surface area (Å²) in [5.74, 6) is -0.0268. The van der Waals surface area contributed by atoms with E-state index >= 15 is 0 Å². The molecule has 0 saturated carbocycles. The van der Waals surface area contributed by atoms with Crippen LogP contribution in [0, 0.1) is 0 Å². The second-order valence-electron chi connectivity index (χ2n) is 4.10. The molecule has 1 rings (SSSR count). The molecule has 1 aromatic rings. The molecule has 0 aliphatic rings. The highest BCUT2D eigenvalue weighted by molar-refractivity contribution is 9.10. The quantitative estimate of drug-likeness (QED) is 0.756. The lowest BCUT2D eigenvalue weighted by atomic mass is 10.3. The first-order chi connectivity index (χ1) is 8.63. The minimum absolute atomic E-state index is 0.0268. The number of halogens is 1. The zero-order valence-corrected chi connectivity index (χ0v) is 12.5. The van der Waals surface area contributed by atoms with Crippen molar-refractivity contribution >= 4 is 27.5 Å². The van der Waals surface area contributed by atoms with Crippen LogP contribution in [0.2, 0.25) is 0 Å². The van der Waals surface area contributed by atoms with Crippen LogP contribution < -0.4 is 10.6 Å². The van der Waals surface area contributed by atoms with Crippen molar-refractivity contribution in [3.05, 3.63) is 28.7 Å². The van der Waals surface area contributed by atoms with Gasteiger partial charge in [-0.15, -0.1) is 0 Å². The van der Waals surface area contributed by atoms with E-state index in [4.69, 9.17) is 0 Å². The summed E-state index contributed by atoms with van der Waals surface area (Å²) >= 11 is 3.39. The topological polar surface area (TPSA) is 44.4 Å². The summed E-state index contributed by atoms with van der Waals surface area (Å²) in [6.07, 6.45) is 0. The molecule has 5 heteroatoms. The van der Waals surface area contributed by atoms with E-state index < -0.39 is 0 Å². The first-order valence-corrected chi connectivity index (χ1v) is 6.86. The van der Waals surface area contributed by atoms with Crippen molar-refractivity contribution in [2.75, 3.05) is 38.5 Å². The van der Waals surface area contributed by atoms with E-state index in [0.717, 1.165) is 29.8 Å². The van der Waals surface area contributed by atoms with Gasteiger partial charge in [-0.25, -0.2) is 0 Å². The molecule has 0 atom stereocenters. The lowest BCUT2D eigenvalue weighted by Crippen LogP contribution is -2.34. The van der Waals surface area contributed by atoms with Crippen molar-refractivity contribution in [2.24, 2.45) is 0 Å². The minimum atomic E-state index is -0.0268. The number of benzene rings is 1. The molecule has 18 heavy (non-hydrogen) atoms. The van der Waals surface area contributed by atoms with E-state index in [2.05, 4.69) is 45.4 Å². The molecule has 0 fully saturated rings. The fraction of sp³-hybridized carbons (Fsp3) is 0.462. The molecule has 0 bridgehead atoms. The molecule has 1 aromatic carbocycles. The average molecular weight is 314 g/mol. The predicted octanol–water partition coefficient (Wildman–Crippen LogP) is 1.93. The molecule has 0 aliphatic carbocycles. The van der Waals surface area contributed by atoms with Crippen LogP contribution in [-0.4, -0.2) is 44.0 Å². The second-order valence-corrected chi connectivity index (χ2v) is 4.96. The molecule has 4 nitrogen and oxygen atoms in total. The van der Waals surface area contributed by atoms with E-state index in [0.29, 0.717) is 6.54 Å². The number of carbonyl (C=O) groups excluding carboxylic acids is 1. The predicted molar refractivity (Wildman–Crippen MR) is 78.8 cm³/mol. The summed E-state index contributed by atoms with van der Waals surface area (Å²) < 4.78 is 0.893. The molecule has 100 valence electrons. The Morgan fingerprint density at radius 1 is 1.39 bits per heavy atom. The van der Waals surface area contributed by atoms with Crippen LogP contribution in [0.4, 0.5) is 5.69 Å². The van der Waals surface area contributed by atoms with Gasteiger partial charge in [0.15, 0.2) is 0 Å². The molecule has 0 heterocycles. The Labute approximate surface area is 117 Å². The van der Waals surface area contributed by atoms with E-state index in [9.17, 15) is 4.79 Å².